The second kappa shape index (κ2) is 10.5. The molecule has 0 aromatic rings. The highest BCUT2D eigenvalue weighted by atomic mass is 16.5. The van der Waals surface area contributed by atoms with Gasteiger partial charge in [0.05, 0.1) is 13.2 Å². The largest absolute Gasteiger partial charge is 0.379 e. The lowest BCUT2D eigenvalue weighted by Gasteiger charge is -2.34. The van der Waals surface area contributed by atoms with Gasteiger partial charge in [0.15, 0.2) is 0 Å². The molecule has 2 saturated heterocycles. The van der Waals surface area contributed by atoms with Gasteiger partial charge in [-0.2, -0.15) is 0 Å². The summed E-state index contributed by atoms with van der Waals surface area (Å²) >= 11 is 0. The Morgan fingerprint density at radius 3 is 2.08 bits per heavy atom. The number of carbonyl (C=O) groups is 1. The van der Waals surface area contributed by atoms with E-state index in [1.54, 1.807) is 0 Å². The first-order valence-corrected chi connectivity index (χ1v) is 10.6. The van der Waals surface area contributed by atoms with E-state index in [0.717, 1.165) is 45.7 Å². The molecule has 0 aromatic heterocycles. The molecule has 0 aromatic carbocycles. The lowest BCUT2D eigenvalue weighted by molar-refractivity contribution is -0.125. The quantitative estimate of drug-likeness (QED) is 0.745. The maximum atomic E-state index is 12.4. The van der Waals surface area contributed by atoms with Crippen LogP contribution in [0.2, 0.25) is 0 Å². The predicted octanol–water partition coefficient (Wildman–Crippen LogP) is 2.12. The lowest BCUT2D eigenvalue weighted by atomic mass is 9.95. The van der Waals surface area contributed by atoms with Gasteiger partial charge in [-0.1, -0.05) is 25.7 Å². The molecular formula is C20H37N3O2. The Bertz CT molecular complexity index is 382. The van der Waals surface area contributed by atoms with E-state index in [-0.39, 0.29) is 5.92 Å². The molecule has 3 rings (SSSR count). The van der Waals surface area contributed by atoms with E-state index in [0.29, 0.717) is 11.8 Å². The van der Waals surface area contributed by atoms with Gasteiger partial charge in [-0.15, -0.1) is 0 Å². The highest BCUT2D eigenvalue weighted by Gasteiger charge is 2.23. The topological polar surface area (TPSA) is 44.8 Å². The Hall–Kier alpha value is -0.650. The first kappa shape index (κ1) is 19.1. The summed E-state index contributed by atoms with van der Waals surface area (Å²) in [6.07, 6.45) is 9.76. The highest BCUT2D eigenvalue weighted by Crippen LogP contribution is 2.23. The van der Waals surface area contributed by atoms with Gasteiger partial charge in [0, 0.05) is 38.6 Å². The summed E-state index contributed by atoms with van der Waals surface area (Å²) in [5, 5.41) is 3.27. The minimum atomic E-state index is 0.288. The Morgan fingerprint density at radius 2 is 1.44 bits per heavy atom. The molecule has 2 aliphatic heterocycles. The minimum Gasteiger partial charge on any atom is -0.379 e. The summed E-state index contributed by atoms with van der Waals surface area (Å²) in [5.41, 5.74) is 0. The third-order valence-electron chi connectivity index (χ3n) is 6.33. The number of piperidine rings is 1. The van der Waals surface area contributed by atoms with E-state index in [2.05, 4.69) is 15.1 Å². The smallest absolute Gasteiger partial charge is 0.223 e. The van der Waals surface area contributed by atoms with Gasteiger partial charge in [0.2, 0.25) is 5.91 Å². The fourth-order valence-corrected chi connectivity index (χ4v) is 4.45. The van der Waals surface area contributed by atoms with Crippen LogP contribution in [0.15, 0.2) is 0 Å². The van der Waals surface area contributed by atoms with Crippen molar-refractivity contribution >= 4 is 5.91 Å². The summed E-state index contributed by atoms with van der Waals surface area (Å²) in [6, 6.07) is 0. The monoisotopic (exact) mass is 351 g/mol. The fourth-order valence-electron chi connectivity index (χ4n) is 4.45. The highest BCUT2D eigenvalue weighted by molar-refractivity contribution is 5.78. The first-order valence-electron chi connectivity index (χ1n) is 10.6. The van der Waals surface area contributed by atoms with Crippen molar-refractivity contribution in [3.8, 4) is 0 Å². The van der Waals surface area contributed by atoms with Crippen LogP contribution in [0.4, 0.5) is 0 Å². The number of hydrogen-bond donors (Lipinski definition) is 1. The molecule has 0 atom stereocenters. The molecule has 144 valence electrons. The maximum absolute atomic E-state index is 12.4. The number of carbonyl (C=O) groups excluding carboxylic acids is 1. The normalized spacial score (nSPS) is 25.6. The molecule has 1 saturated carbocycles. The maximum Gasteiger partial charge on any atom is 0.223 e. The van der Waals surface area contributed by atoms with Crippen molar-refractivity contribution in [1.29, 1.82) is 0 Å². The molecule has 1 aliphatic carbocycles. The number of morpholine rings is 1. The number of nitrogens with one attached hydrogen (secondary N) is 1. The SMILES string of the molecule is O=C(NCC1CCN(CCN2CCOCC2)CC1)C1CCCCCC1. The van der Waals surface area contributed by atoms with Crippen molar-refractivity contribution in [2.75, 3.05) is 59.0 Å². The molecule has 3 fully saturated rings. The third kappa shape index (κ3) is 6.54. The van der Waals surface area contributed by atoms with Gasteiger partial charge in [-0.05, 0) is 44.7 Å². The number of likely N-dealkylation sites (tertiary alicyclic amines) is 1. The zero-order valence-electron chi connectivity index (χ0n) is 15.9. The number of ether oxygens (including phenoxy) is 1. The second-order valence-electron chi connectivity index (χ2n) is 8.17. The molecule has 0 radical (unpaired) electrons. The average Bonchev–Trinajstić information content (AvgIpc) is 2.96. The zero-order chi connectivity index (χ0) is 17.3. The molecule has 3 aliphatic rings. The van der Waals surface area contributed by atoms with Crippen molar-refractivity contribution in [2.24, 2.45) is 11.8 Å². The molecule has 5 heteroatoms. The van der Waals surface area contributed by atoms with Gasteiger partial charge < -0.3 is 15.0 Å². The molecule has 5 nitrogen and oxygen atoms in total. The summed E-state index contributed by atoms with van der Waals surface area (Å²) < 4.78 is 5.41. The number of rotatable bonds is 6. The Balaban J connectivity index is 1.27. The van der Waals surface area contributed by atoms with E-state index in [9.17, 15) is 4.79 Å². The lowest BCUT2D eigenvalue weighted by Crippen LogP contribution is -2.44. The molecule has 0 unspecified atom stereocenters. The fraction of sp³-hybridized carbons (Fsp3) is 0.950. The van der Waals surface area contributed by atoms with Gasteiger partial charge >= 0.3 is 0 Å². The van der Waals surface area contributed by atoms with E-state index in [1.165, 1.54) is 64.7 Å². The van der Waals surface area contributed by atoms with Crippen molar-refractivity contribution in [3.05, 3.63) is 0 Å². The van der Waals surface area contributed by atoms with E-state index in [4.69, 9.17) is 4.74 Å². The summed E-state index contributed by atoms with van der Waals surface area (Å²) in [6.45, 7) is 9.59. The minimum absolute atomic E-state index is 0.288. The number of hydrogen-bond acceptors (Lipinski definition) is 4. The van der Waals surface area contributed by atoms with Crippen LogP contribution >= 0.6 is 0 Å². The molecule has 1 N–H and O–H groups in total. The molecule has 2 heterocycles. The van der Waals surface area contributed by atoms with Crippen LogP contribution in [0.25, 0.3) is 0 Å². The van der Waals surface area contributed by atoms with Gasteiger partial charge in [-0.25, -0.2) is 0 Å². The second-order valence-corrected chi connectivity index (χ2v) is 8.17. The summed E-state index contributed by atoms with van der Waals surface area (Å²) in [5.74, 6) is 1.29. The van der Waals surface area contributed by atoms with Gasteiger partial charge in [0.25, 0.3) is 0 Å². The summed E-state index contributed by atoms with van der Waals surface area (Å²) in [7, 11) is 0. The van der Waals surface area contributed by atoms with Crippen LogP contribution in [0.5, 0.6) is 0 Å². The van der Waals surface area contributed by atoms with Crippen molar-refractivity contribution in [3.63, 3.8) is 0 Å². The Morgan fingerprint density at radius 1 is 0.840 bits per heavy atom. The predicted molar refractivity (Wildman–Crippen MR) is 101 cm³/mol. The Labute approximate surface area is 153 Å². The van der Waals surface area contributed by atoms with Crippen molar-refractivity contribution in [2.45, 2.75) is 51.4 Å². The van der Waals surface area contributed by atoms with Crippen LogP contribution in [-0.2, 0) is 9.53 Å². The average molecular weight is 352 g/mol. The molecule has 1 amide bonds. The molecular weight excluding hydrogens is 314 g/mol. The van der Waals surface area contributed by atoms with Crippen LogP contribution in [-0.4, -0.2) is 74.7 Å². The van der Waals surface area contributed by atoms with Gasteiger partial charge in [-0.3, -0.25) is 9.69 Å². The van der Waals surface area contributed by atoms with Crippen LogP contribution in [0, 0.1) is 11.8 Å². The summed E-state index contributed by atoms with van der Waals surface area (Å²) in [4.78, 5) is 17.5. The van der Waals surface area contributed by atoms with Crippen LogP contribution in [0.3, 0.4) is 0 Å². The van der Waals surface area contributed by atoms with E-state index >= 15 is 0 Å². The van der Waals surface area contributed by atoms with E-state index < -0.39 is 0 Å². The third-order valence-corrected chi connectivity index (χ3v) is 6.33. The number of nitrogens with zero attached hydrogens (tertiary/aromatic N) is 2. The molecule has 0 bridgehead atoms. The van der Waals surface area contributed by atoms with E-state index in [1.807, 2.05) is 0 Å². The van der Waals surface area contributed by atoms with Crippen molar-refractivity contribution in [1.82, 2.24) is 15.1 Å². The molecule has 25 heavy (non-hydrogen) atoms. The first-order chi connectivity index (χ1) is 12.3. The standard InChI is InChI=1S/C20H37N3O2/c24-20(19-5-3-1-2-4-6-19)21-17-18-7-9-22(10-8-18)11-12-23-13-15-25-16-14-23/h18-19H,1-17H2,(H,21,24). The zero-order valence-corrected chi connectivity index (χ0v) is 15.9. The van der Waals surface area contributed by atoms with Crippen LogP contribution in [0.1, 0.15) is 51.4 Å². The number of amides is 1. The Kier molecular flexibility index (Phi) is 8.02. The van der Waals surface area contributed by atoms with Crippen LogP contribution < -0.4 is 5.32 Å². The van der Waals surface area contributed by atoms with Gasteiger partial charge in [0.1, 0.15) is 0 Å². The van der Waals surface area contributed by atoms with Crippen molar-refractivity contribution < 1.29 is 9.53 Å². The molecule has 0 spiro atoms.